The van der Waals surface area contributed by atoms with Crippen LogP contribution in [0.4, 0.5) is 0 Å². The summed E-state index contributed by atoms with van der Waals surface area (Å²) in [6.45, 7) is 4.19. The molecule has 2 atom stereocenters. The van der Waals surface area contributed by atoms with Gasteiger partial charge >= 0.3 is 0 Å². The number of aryl methyl sites for hydroxylation is 1. The largest absolute Gasteiger partial charge is 0.371 e. The van der Waals surface area contributed by atoms with Crippen molar-refractivity contribution in [3.8, 4) is 0 Å². The van der Waals surface area contributed by atoms with Crippen LogP contribution in [0, 0.1) is 0 Å². The zero-order valence-electron chi connectivity index (χ0n) is 14.2. The Morgan fingerprint density at radius 1 is 1.33 bits per heavy atom. The van der Waals surface area contributed by atoms with Gasteiger partial charge in [-0.3, -0.25) is 4.90 Å². The Morgan fingerprint density at radius 3 is 2.92 bits per heavy atom. The summed E-state index contributed by atoms with van der Waals surface area (Å²) in [7, 11) is 2.01. The van der Waals surface area contributed by atoms with Gasteiger partial charge in [-0.05, 0) is 18.4 Å². The second-order valence-corrected chi connectivity index (χ2v) is 7.00. The summed E-state index contributed by atoms with van der Waals surface area (Å²) in [6, 6.07) is 10.4. The third-order valence-corrected chi connectivity index (χ3v) is 5.07. The molecule has 1 aromatic carbocycles. The first-order valence-electron chi connectivity index (χ1n) is 8.72. The average molecular weight is 327 g/mol. The van der Waals surface area contributed by atoms with Crippen molar-refractivity contribution in [2.24, 2.45) is 7.05 Å². The Bertz CT molecular complexity index is 664. The van der Waals surface area contributed by atoms with Crippen molar-refractivity contribution in [3.05, 3.63) is 54.1 Å². The Balaban J connectivity index is 1.43. The Kier molecular flexibility index (Phi) is 4.39. The molecule has 2 aromatic rings. The Morgan fingerprint density at radius 2 is 2.21 bits per heavy atom. The van der Waals surface area contributed by atoms with Crippen LogP contribution in [0.15, 0.2) is 42.9 Å². The lowest BCUT2D eigenvalue weighted by Gasteiger charge is -2.29. The third-order valence-electron chi connectivity index (χ3n) is 5.07. The number of likely N-dealkylation sites (tertiary alicyclic amines) is 1. The molecule has 128 valence electrons. The van der Waals surface area contributed by atoms with Gasteiger partial charge < -0.3 is 14.0 Å². The molecule has 2 aliphatic heterocycles. The van der Waals surface area contributed by atoms with E-state index in [1.807, 2.05) is 24.0 Å². The van der Waals surface area contributed by atoms with Crippen molar-refractivity contribution in [3.63, 3.8) is 0 Å². The fourth-order valence-corrected chi connectivity index (χ4v) is 3.92. The lowest BCUT2D eigenvalue weighted by molar-refractivity contribution is -0.0959. The van der Waals surface area contributed by atoms with Crippen LogP contribution in [0.25, 0.3) is 0 Å². The van der Waals surface area contributed by atoms with Gasteiger partial charge in [0.1, 0.15) is 11.7 Å². The summed E-state index contributed by atoms with van der Waals surface area (Å²) in [5.41, 5.74) is 2.19. The van der Waals surface area contributed by atoms with Crippen LogP contribution >= 0.6 is 0 Å². The number of imidazole rings is 1. The molecule has 2 aliphatic rings. The second-order valence-electron chi connectivity index (χ2n) is 7.00. The molecule has 3 heterocycles. The van der Waals surface area contributed by atoms with E-state index in [1.165, 1.54) is 5.56 Å². The molecular weight excluding hydrogens is 302 g/mol. The highest BCUT2D eigenvalue weighted by atomic mass is 16.6. The Labute approximate surface area is 143 Å². The minimum Gasteiger partial charge on any atom is -0.371 e. The number of hydrogen-bond donors (Lipinski definition) is 0. The molecule has 2 saturated heterocycles. The zero-order valence-corrected chi connectivity index (χ0v) is 14.2. The number of hydrogen-bond acceptors (Lipinski definition) is 4. The number of nitrogens with zero attached hydrogens (tertiary/aromatic N) is 3. The van der Waals surface area contributed by atoms with E-state index in [1.54, 1.807) is 0 Å². The predicted octanol–water partition coefficient (Wildman–Crippen LogP) is 2.37. The normalized spacial score (nSPS) is 27.3. The van der Waals surface area contributed by atoms with E-state index in [9.17, 15) is 0 Å². The van der Waals surface area contributed by atoms with Crippen LogP contribution in [0.1, 0.15) is 24.1 Å². The summed E-state index contributed by atoms with van der Waals surface area (Å²) in [4.78, 5) is 6.87. The van der Waals surface area contributed by atoms with E-state index in [0.717, 1.165) is 44.8 Å². The summed E-state index contributed by atoms with van der Waals surface area (Å²) in [5, 5.41) is 0. The highest BCUT2D eigenvalue weighted by Crippen LogP contribution is 2.37. The molecule has 0 amide bonds. The fourth-order valence-electron chi connectivity index (χ4n) is 3.92. The van der Waals surface area contributed by atoms with Crippen molar-refractivity contribution < 1.29 is 9.47 Å². The lowest BCUT2D eigenvalue weighted by Crippen LogP contribution is -2.42. The van der Waals surface area contributed by atoms with Crippen LogP contribution in [0.2, 0.25) is 0 Å². The summed E-state index contributed by atoms with van der Waals surface area (Å²) >= 11 is 0. The molecule has 1 aromatic heterocycles. The average Bonchev–Trinajstić information content (AvgIpc) is 3.30. The van der Waals surface area contributed by atoms with Crippen LogP contribution in [0.5, 0.6) is 0 Å². The van der Waals surface area contributed by atoms with E-state index in [4.69, 9.17) is 9.47 Å². The van der Waals surface area contributed by atoms with Crippen molar-refractivity contribution in [2.75, 3.05) is 19.7 Å². The number of aromatic nitrogens is 2. The smallest absolute Gasteiger partial charge is 0.108 e. The van der Waals surface area contributed by atoms with Gasteiger partial charge in [0, 0.05) is 39.5 Å². The first-order valence-corrected chi connectivity index (χ1v) is 8.72. The predicted molar refractivity (Wildman–Crippen MR) is 91.4 cm³/mol. The number of benzene rings is 1. The van der Waals surface area contributed by atoms with Crippen molar-refractivity contribution in [1.29, 1.82) is 0 Å². The monoisotopic (exact) mass is 327 g/mol. The maximum absolute atomic E-state index is 6.31. The van der Waals surface area contributed by atoms with E-state index in [2.05, 4.69) is 40.3 Å². The fraction of sp³-hybridized carbons (Fsp3) is 0.526. The molecule has 0 bridgehead atoms. The third kappa shape index (κ3) is 3.24. The van der Waals surface area contributed by atoms with E-state index >= 15 is 0 Å². The molecule has 24 heavy (non-hydrogen) atoms. The van der Waals surface area contributed by atoms with Gasteiger partial charge in [-0.15, -0.1) is 0 Å². The van der Waals surface area contributed by atoms with Crippen molar-refractivity contribution in [2.45, 2.75) is 37.7 Å². The van der Waals surface area contributed by atoms with Gasteiger partial charge in [-0.25, -0.2) is 4.98 Å². The molecule has 0 radical (unpaired) electrons. The second kappa shape index (κ2) is 6.67. The van der Waals surface area contributed by atoms with E-state index < -0.39 is 0 Å². The standard InChI is InChI=1S/C19H25N3O2/c1-21-10-17(20-15-21)11-22-12-18(19(14-22)8-5-9-24-19)23-13-16-6-3-2-4-7-16/h2-4,6-7,10,15,18H,5,8-9,11-14H2,1H3/t18-,19-/m0/s1. The molecule has 0 aliphatic carbocycles. The molecule has 5 heteroatoms. The molecule has 0 unspecified atom stereocenters. The molecule has 2 fully saturated rings. The van der Waals surface area contributed by atoms with Gasteiger partial charge in [0.15, 0.2) is 0 Å². The molecule has 1 spiro atoms. The molecular formula is C19H25N3O2. The minimum atomic E-state index is -0.135. The first-order chi connectivity index (χ1) is 11.7. The van der Waals surface area contributed by atoms with Crippen LogP contribution < -0.4 is 0 Å². The van der Waals surface area contributed by atoms with Gasteiger partial charge in [-0.1, -0.05) is 30.3 Å². The van der Waals surface area contributed by atoms with Gasteiger partial charge in [0.05, 0.1) is 18.6 Å². The minimum absolute atomic E-state index is 0.129. The lowest BCUT2D eigenvalue weighted by atomic mass is 9.96. The molecule has 0 N–H and O–H groups in total. The Hall–Kier alpha value is -1.69. The number of rotatable bonds is 5. The maximum Gasteiger partial charge on any atom is 0.108 e. The first kappa shape index (κ1) is 15.8. The zero-order chi connectivity index (χ0) is 16.4. The van der Waals surface area contributed by atoms with E-state index in [-0.39, 0.29) is 11.7 Å². The van der Waals surface area contributed by atoms with Crippen LogP contribution in [0.3, 0.4) is 0 Å². The maximum atomic E-state index is 6.31. The number of ether oxygens (including phenoxy) is 2. The van der Waals surface area contributed by atoms with Crippen LogP contribution in [-0.2, 0) is 29.7 Å². The highest BCUT2D eigenvalue weighted by Gasteiger charge is 2.50. The summed E-state index contributed by atoms with van der Waals surface area (Å²) < 4.78 is 14.5. The van der Waals surface area contributed by atoms with Gasteiger partial charge in [0.2, 0.25) is 0 Å². The quantitative estimate of drug-likeness (QED) is 0.845. The van der Waals surface area contributed by atoms with Crippen molar-refractivity contribution in [1.82, 2.24) is 14.5 Å². The van der Waals surface area contributed by atoms with Gasteiger partial charge in [-0.2, -0.15) is 0 Å². The topological polar surface area (TPSA) is 39.5 Å². The highest BCUT2D eigenvalue weighted by molar-refractivity contribution is 5.14. The molecule has 5 nitrogen and oxygen atoms in total. The summed E-state index contributed by atoms with van der Waals surface area (Å²) in [6.07, 6.45) is 6.29. The SMILES string of the molecule is Cn1cnc(CN2C[C@H](OCc3ccccc3)[C@]3(CCCO3)C2)c1. The van der Waals surface area contributed by atoms with Crippen LogP contribution in [-0.4, -0.2) is 45.9 Å². The molecule has 0 saturated carbocycles. The van der Waals surface area contributed by atoms with Crippen molar-refractivity contribution >= 4 is 0 Å². The van der Waals surface area contributed by atoms with E-state index in [0.29, 0.717) is 6.61 Å². The molecule has 4 rings (SSSR count). The van der Waals surface area contributed by atoms with Gasteiger partial charge in [0.25, 0.3) is 0 Å². The summed E-state index contributed by atoms with van der Waals surface area (Å²) in [5.74, 6) is 0.